The summed E-state index contributed by atoms with van der Waals surface area (Å²) in [4.78, 5) is 14.0. The maximum absolute atomic E-state index is 12.3. The Labute approximate surface area is 151 Å². The van der Waals surface area contributed by atoms with E-state index in [9.17, 15) is 4.79 Å². The molecule has 1 heterocycles. The number of nitrogens with one attached hydrogen (secondary N) is 2. The first-order valence-electron chi connectivity index (χ1n) is 9.52. The van der Waals surface area contributed by atoms with Crippen molar-refractivity contribution < 1.29 is 9.69 Å². The number of amides is 1. The third-order valence-electron chi connectivity index (χ3n) is 5.30. The van der Waals surface area contributed by atoms with Crippen LogP contribution in [0.1, 0.15) is 43.0 Å². The first kappa shape index (κ1) is 17.7. The molecule has 25 heavy (non-hydrogen) atoms. The Morgan fingerprint density at radius 1 is 1.04 bits per heavy atom. The maximum Gasteiger partial charge on any atom is 0.251 e. The zero-order valence-electron chi connectivity index (χ0n) is 15.1. The van der Waals surface area contributed by atoms with Crippen LogP contribution < -0.4 is 10.2 Å². The second-order valence-corrected chi connectivity index (χ2v) is 7.11. The van der Waals surface area contributed by atoms with E-state index in [0.29, 0.717) is 0 Å². The minimum absolute atomic E-state index is 0.0290. The number of piperidine rings is 1. The molecule has 1 unspecified atom stereocenters. The fraction of sp³-hybridized carbons (Fsp3) is 0.409. The molecule has 3 heteroatoms. The summed E-state index contributed by atoms with van der Waals surface area (Å²) in [5, 5.41) is 3.06. The van der Waals surface area contributed by atoms with Gasteiger partial charge in [0.25, 0.3) is 5.91 Å². The number of carbonyl (C=O) groups is 1. The summed E-state index contributed by atoms with van der Waals surface area (Å²) in [5.41, 5.74) is 3.05. The van der Waals surface area contributed by atoms with E-state index >= 15 is 0 Å². The third-order valence-corrected chi connectivity index (χ3v) is 5.30. The summed E-state index contributed by atoms with van der Waals surface area (Å²) in [6, 6.07) is 18.9. The van der Waals surface area contributed by atoms with Crippen LogP contribution in [0.2, 0.25) is 0 Å². The molecule has 3 rings (SSSR count). The van der Waals surface area contributed by atoms with Crippen LogP contribution in [-0.2, 0) is 0 Å². The summed E-state index contributed by atoms with van der Waals surface area (Å²) in [6.07, 6.45) is 5.11. The van der Waals surface area contributed by atoms with Crippen LogP contribution in [0.25, 0.3) is 11.1 Å². The highest BCUT2D eigenvalue weighted by Crippen LogP contribution is 2.19. The Kier molecular flexibility index (Phi) is 6.24. The molecule has 2 N–H and O–H groups in total. The zero-order valence-corrected chi connectivity index (χ0v) is 15.1. The average molecular weight is 337 g/mol. The van der Waals surface area contributed by atoms with Crippen LogP contribution >= 0.6 is 0 Å². The molecule has 2 aromatic rings. The van der Waals surface area contributed by atoms with Crippen molar-refractivity contribution in [2.75, 3.05) is 19.6 Å². The molecule has 2 aromatic carbocycles. The van der Waals surface area contributed by atoms with E-state index in [2.05, 4.69) is 24.4 Å². The molecule has 1 saturated heterocycles. The molecule has 132 valence electrons. The Balaban J connectivity index is 1.45. The lowest BCUT2D eigenvalue weighted by Gasteiger charge is -2.30. The van der Waals surface area contributed by atoms with E-state index < -0.39 is 0 Å². The smallest absolute Gasteiger partial charge is 0.251 e. The van der Waals surface area contributed by atoms with Crippen molar-refractivity contribution >= 4 is 5.91 Å². The van der Waals surface area contributed by atoms with Gasteiger partial charge in [-0.2, -0.15) is 0 Å². The van der Waals surface area contributed by atoms with Crippen LogP contribution in [0.15, 0.2) is 54.6 Å². The molecule has 1 aliphatic heterocycles. The lowest BCUT2D eigenvalue weighted by atomic mass is 10.0. The fourth-order valence-corrected chi connectivity index (χ4v) is 3.69. The Bertz CT molecular complexity index is 666. The third kappa shape index (κ3) is 4.93. The van der Waals surface area contributed by atoms with Gasteiger partial charge in [-0.3, -0.25) is 4.79 Å². The van der Waals surface area contributed by atoms with Gasteiger partial charge in [-0.15, -0.1) is 0 Å². The molecular formula is C22H29N2O+. The summed E-state index contributed by atoms with van der Waals surface area (Å²) < 4.78 is 0. The largest absolute Gasteiger partial charge is 0.352 e. The van der Waals surface area contributed by atoms with Crippen molar-refractivity contribution in [3.05, 3.63) is 60.2 Å². The van der Waals surface area contributed by atoms with Gasteiger partial charge in [-0.1, -0.05) is 42.5 Å². The molecule has 1 fully saturated rings. The molecule has 0 aromatic heterocycles. The van der Waals surface area contributed by atoms with Crippen molar-refractivity contribution in [1.82, 2.24) is 5.32 Å². The first-order valence-corrected chi connectivity index (χ1v) is 9.52. The summed E-state index contributed by atoms with van der Waals surface area (Å²) in [5.74, 6) is 0.0290. The number of carbonyl (C=O) groups excluding carboxylic acids is 1. The van der Waals surface area contributed by atoms with Crippen LogP contribution in [0.3, 0.4) is 0 Å². The average Bonchev–Trinajstić information content (AvgIpc) is 2.67. The fourth-order valence-electron chi connectivity index (χ4n) is 3.69. The van der Waals surface area contributed by atoms with Crippen LogP contribution in [0.4, 0.5) is 0 Å². The summed E-state index contributed by atoms with van der Waals surface area (Å²) in [6.45, 7) is 5.56. The van der Waals surface area contributed by atoms with E-state index in [1.165, 1.54) is 31.4 Å². The molecule has 3 nitrogen and oxygen atoms in total. The van der Waals surface area contributed by atoms with Gasteiger partial charge < -0.3 is 10.2 Å². The van der Waals surface area contributed by atoms with Crippen molar-refractivity contribution in [1.29, 1.82) is 0 Å². The minimum Gasteiger partial charge on any atom is -0.352 e. The van der Waals surface area contributed by atoms with Gasteiger partial charge in [0, 0.05) is 18.5 Å². The molecule has 0 bridgehead atoms. The van der Waals surface area contributed by atoms with E-state index in [0.717, 1.165) is 36.7 Å². The van der Waals surface area contributed by atoms with E-state index in [4.69, 9.17) is 0 Å². The van der Waals surface area contributed by atoms with Gasteiger partial charge in [0.2, 0.25) is 0 Å². The van der Waals surface area contributed by atoms with Gasteiger partial charge in [0.1, 0.15) is 0 Å². The maximum atomic E-state index is 12.3. The molecule has 0 saturated carbocycles. The molecule has 1 aliphatic rings. The molecule has 0 spiro atoms. The van der Waals surface area contributed by atoms with Gasteiger partial charge >= 0.3 is 0 Å². The summed E-state index contributed by atoms with van der Waals surface area (Å²) in [7, 11) is 0. The quantitative estimate of drug-likeness (QED) is 0.781. The van der Waals surface area contributed by atoms with E-state index in [1.54, 1.807) is 4.90 Å². The van der Waals surface area contributed by atoms with E-state index in [-0.39, 0.29) is 5.91 Å². The zero-order chi connectivity index (χ0) is 17.5. The van der Waals surface area contributed by atoms with Crippen molar-refractivity contribution in [2.24, 2.45) is 0 Å². The minimum atomic E-state index is 0.0290. The van der Waals surface area contributed by atoms with Crippen LogP contribution in [0, 0.1) is 0 Å². The predicted molar refractivity (Wildman–Crippen MR) is 103 cm³/mol. The number of quaternary nitrogens is 1. The number of likely N-dealkylation sites (tertiary alicyclic amines) is 1. The highest BCUT2D eigenvalue weighted by molar-refractivity contribution is 5.94. The van der Waals surface area contributed by atoms with E-state index in [1.807, 2.05) is 42.5 Å². The van der Waals surface area contributed by atoms with Crippen molar-refractivity contribution in [2.45, 2.75) is 38.6 Å². The van der Waals surface area contributed by atoms with Crippen molar-refractivity contribution in [3.63, 3.8) is 0 Å². The highest BCUT2D eigenvalue weighted by Gasteiger charge is 2.20. The molecule has 0 radical (unpaired) electrons. The van der Waals surface area contributed by atoms with Gasteiger partial charge in [0.15, 0.2) is 0 Å². The predicted octanol–water partition coefficient (Wildman–Crippen LogP) is 2.93. The molecule has 2 atom stereocenters. The van der Waals surface area contributed by atoms with Gasteiger partial charge in [0.05, 0.1) is 19.1 Å². The number of hydrogen-bond acceptors (Lipinski definition) is 1. The van der Waals surface area contributed by atoms with Crippen LogP contribution in [-0.4, -0.2) is 31.6 Å². The number of rotatable bonds is 6. The topological polar surface area (TPSA) is 33.5 Å². The normalized spacial score (nSPS) is 20.2. The van der Waals surface area contributed by atoms with Gasteiger partial charge in [-0.25, -0.2) is 0 Å². The summed E-state index contributed by atoms with van der Waals surface area (Å²) >= 11 is 0. The van der Waals surface area contributed by atoms with Gasteiger partial charge in [-0.05, 0) is 49.4 Å². The molecular weight excluding hydrogens is 308 g/mol. The highest BCUT2D eigenvalue weighted by atomic mass is 16.1. The number of benzene rings is 2. The second kappa shape index (κ2) is 8.82. The monoisotopic (exact) mass is 337 g/mol. The molecule has 0 aliphatic carbocycles. The second-order valence-electron chi connectivity index (χ2n) is 7.11. The lowest BCUT2D eigenvalue weighted by molar-refractivity contribution is -0.928. The molecule has 1 amide bonds. The first-order chi connectivity index (χ1) is 12.2. The Hall–Kier alpha value is -2.13. The number of hydrogen-bond donors (Lipinski definition) is 2. The Morgan fingerprint density at radius 2 is 1.76 bits per heavy atom. The Morgan fingerprint density at radius 3 is 2.48 bits per heavy atom. The van der Waals surface area contributed by atoms with Crippen LogP contribution in [0.5, 0.6) is 0 Å². The van der Waals surface area contributed by atoms with Crippen molar-refractivity contribution in [3.8, 4) is 11.1 Å². The standard InChI is InChI=1S/C22H28N2O/c1-18-8-5-6-16-24(18)17-7-15-23-22(25)21-13-11-20(12-14-21)19-9-3-2-4-10-19/h2-4,9-14,18H,5-8,15-17H2,1H3,(H,23,25)/p+1/t18-/m1/s1. The SMILES string of the molecule is C[C@@H]1CCCC[NH+]1CCCNC(=O)c1ccc(-c2ccccc2)cc1. The lowest BCUT2D eigenvalue weighted by Crippen LogP contribution is -3.16.